The number of benzene rings is 1. The molecule has 2 heterocycles. The summed E-state index contributed by atoms with van der Waals surface area (Å²) in [5.41, 5.74) is 1.85. The minimum atomic E-state index is -0.291. The van der Waals surface area contributed by atoms with Gasteiger partial charge >= 0.3 is 0 Å². The molecule has 2 N–H and O–H groups in total. The molecule has 0 aliphatic carbocycles. The Bertz CT molecular complexity index is 759. The van der Waals surface area contributed by atoms with Crippen molar-refractivity contribution in [2.45, 2.75) is 19.3 Å². The van der Waals surface area contributed by atoms with Crippen LogP contribution >= 0.6 is 0 Å². The van der Waals surface area contributed by atoms with Crippen molar-refractivity contribution in [1.29, 1.82) is 0 Å². The van der Waals surface area contributed by atoms with Crippen molar-refractivity contribution in [1.82, 2.24) is 4.98 Å². The van der Waals surface area contributed by atoms with Crippen molar-refractivity contribution in [2.24, 2.45) is 0 Å². The highest BCUT2D eigenvalue weighted by Gasteiger charge is 2.15. The normalized spacial score (nSPS) is 14.3. The van der Waals surface area contributed by atoms with E-state index in [1.54, 1.807) is 7.11 Å². The molecule has 1 saturated heterocycles. The van der Waals surface area contributed by atoms with Crippen LogP contribution in [-0.4, -0.2) is 31.1 Å². The van der Waals surface area contributed by atoms with Gasteiger partial charge in [-0.1, -0.05) is 0 Å². The van der Waals surface area contributed by atoms with Crippen LogP contribution < -0.4 is 20.5 Å². The van der Waals surface area contributed by atoms with Gasteiger partial charge < -0.3 is 19.9 Å². The summed E-state index contributed by atoms with van der Waals surface area (Å²) >= 11 is 0. The summed E-state index contributed by atoms with van der Waals surface area (Å²) in [6.45, 7) is 2.05. The Labute approximate surface area is 140 Å². The fourth-order valence-corrected chi connectivity index (χ4v) is 2.89. The molecule has 1 aromatic heterocycles. The first kappa shape index (κ1) is 16.1. The van der Waals surface area contributed by atoms with Gasteiger partial charge in [-0.05, 0) is 43.5 Å². The average Bonchev–Trinajstić information content (AvgIpc) is 2.63. The van der Waals surface area contributed by atoms with Crippen LogP contribution in [0.4, 0.5) is 11.4 Å². The van der Waals surface area contributed by atoms with E-state index in [1.165, 1.54) is 37.6 Å². The van der Waals surface area contributed by atoms with E-state index in [4.69, 9.17) is 4.74 Å². The molecule has 0 atom stereocenters. The Morgan fingerprint density at radius 2 is 1.96 bits per heavy atom. The third-order valence-corrected chi connectivity index (χ3v) is 4.20. The second-order valence-corrected chi connectivity index (χ2v) is 5.83. The maximum absolute atomic E-state index is 12.4. The molecule has 6 nitrogen and oxygen atoms in total. The van der Waals surface area contributed by atoms with Gasteiger partial charge in [0.25, 0.3) is 5.91 Å². The first-order chi connectivity index (χ1) is 11.7. The fourth-order valence-electron chi connectivity index (χ4n) is 2.89. The standard InChI is InChI=1S/C18H21N3O3/c1-24-16-7-6-14(21-9-3-2-4-10-21)11-15(16)20-18(23)13-5-8-17(22)19-12-13/h5-8,11-12H,2-4,9-10H2,1H3,(H,19,22)(H,20,23). The zero-order valence-electron chi connectivity index (χ0n) is 13.7. The lowest BCUT2D eigenvalue weighted by molar-refractivity contribution is 0.102. The van der Waals surface area contributed by atoms with Gasteiger partial charge in [-0.2, -0.15) is 0 Å². The summed E-state index contributed by atoms with van der Waals surface area (Å²) in [4.78, 5) is 28.3. The summed E-state index contributed by atoms with van der Waals surface area (Å²) in [5, 5.41) is 2.86. The van der Waals surface area contributed by atoms with Gasteiger partial charge in [0.2, 0.25) is 5.56 Å². The maximum atomic E-state index is 12.4. The van der Waals surface area contributed by atoms with Gasteiger partial charge in [0.05, 0.1) is 18.4 Å². The number of rotatable bonds is 4. The SMILES string of the molecule is COc1ccc(N2CCCCC2)cc1NC(=O)c1ccc(=O)[nH]c1. The van der Waals surface area contributed by atoms with E-state index >= 15 is 0 Å². The van der Waals surface area contributed by atoms with Crippen LogP contribution in [0.3, 0.4) is 0 Å². The number of aromatic nitrogens is 1. The highest BCUT2D eigenvalue weighted by molar-refractivity contribution is 6.05. The van der Waals surface area contributed by atoms with Gasteiger partial charge in [-0.25, -0.2) is 0 Å². The lowest BCUT2D eigenvalue weighted by Crippen LogP contribution is -2.29. The number of carbonyl (C=O) groups is 1. The molecule has 0 saturated carbocycles. The number of ether oxygens (including phenoxy) is 1. The van der Waals surface area contributed by atoms with Crippen LogP contribution in [0.1, 0.15) is 29.6 Å². The number of carbonyl (C=O) groups excluding carboxylic acids is 1. The monoisotopic (exact) mass is 327 g/mol. The van der Waals surface area contributed by atoms with E-state index in [0.29, 0.717) is 17.0 Å². The number of methoxy groups -OCH3 is 1. The number of aromatic amines is 1. The second-order valence-electron chi connectivity index (χ2n) is 5.83. The molecular weight excluding hydrogens is 306 g/mol. The summed E-state index contributed by atoms with van der Waals surface area (Å²) in [6, 6.07) is 8.64. The number of anilines is 2. The van der Waals surface area contributed by atoms with E-state index in [9.17, 15) is 9.59 Å². The first-order valence-electron chi connectivity index (χ1n) is 8.10. The van der Waals surface area contributed by atoms with Crippen LogP contribution in [-0.2, 0) is 0 Å². The highest BCUT2D eigenvalue weighted by atomic mass is 16.5. The van der Waals surface area contributed by atoms with Crippen LogP contribution in [0.5, 0.6) is 5.75 Å². The molecule has 0 bridgehead atoms. The van der Waals surface area contributed by atoms with E-state index in [1.807, 2.05) is 18.2 Å². The summed E-state index contributed by atoms with van der Waals surface area (Å²) in [5.74, 6) is 0.314. The number of pyridine rings is 1. The lowest BCUT2D eigenvalue weighted by Gasteiger charge is -2.29. The summed E-state index contributed by atoms with van der Waals surface area (Å²) in [7, 11) is 1.57. The van der Waals surface area contributed by atoms with Crippen molar-refractivity contribution in [3.05, 3.63) is 52.4 Å². The van der Waals surface area contributed by atoms with E-state index in [0.717, 1.165) is 18.8 Å². The van der Waals surface area contributed by atoms with Crippen LogP contribution in [0.15, 0.2) is 41.3 Å². The molecule has 0 radical (unpaired) electrons. The smallest absolute Gasteiger partial charge is 0.257 e. The molecule has 1 aromatic carbocycles. The number of hydrogen-bond acceptors (Lipinski definition) is 4. The maximum Gasteiger partial charge on any atom is 0.257 e. The molecule has 1 amide bonds. The van der Waals surface area contributed by atoms with Gasteiger partial charge in [0.15, 0.2) is 0 Å². The Morgan fingerprint density at radius 1 is 1.17 bits per heavy atom. The zero-order valence-corrected chi connectivity index (χ0v) is 13.7. The molecule has 0 unspecified atom stereocenters. The van der Waals surface area contributed by atoms with Crippen molar-refractivity contribution in [3.63, 3.8) is 0 Å². The van der Waals surface area contributed by atoms with Crippen molar-refractivity contribution in [2.75, 3.05) is 30.4 Å². The highest BCUT2D eigenvalue weighted by Crippen LogP contribution is 2.31. The first-order valence-corrected chi connectivity index (χ1v) is 8.10. The Balaban J connectivity index is 1.83. The van der Waals surface area contributed by atoms with Gasteiger partial charge in [0.1, 0.15) is 5.75 Å². The largest absolute Gasteiger partial charge is 0.495 e. The molecule has 1 aliphatic rings. The van der Waals surface area contributed by atoms with Crippen LogP contribution in [0.2, 0.25) is 0 Å². The molecule has 126 valence electrons. The topological polar surface area (TPSA) is 74.4 Å². The number of piperidine rings is 1. The van der Waals surface area contributed by atoms with Gasteiger partial charge in [-0.3, -0.25) is 9.59 Å². The van der Waals surface area contributed by atoms with Crippen LogP contribution in [0.25, 0.3) is 0 Å². The zero-order chi connectivity index (χ0) is 16.9. The molecule has 2 aromatic rings. The third kappa shape index (κ3) is 3.59. The van der Waals surface area contributed by atoms with E-state index in [-0.39, 0.29) is 11.5 Å². The van der Waals surface area contributed by atoms with Gasteiger partial charge in [-0.15, -0.1) is 0 Å². The number of H-pyrrole nitrogens is 1. The molecule has 1 fully saturated rings. The molecule has 24 heavy (non-hydrogen) atoms. The quantitative estimate of drug-likeness (QED) is 0.905. The van der Waals surface area contributed by atoms with E-state index < -0.39 is 0 Å². The number of hydrogen-bond donors (Lipinski definition) is 2. The number of amides is 1. The van der Waals surface area contributed by atoms with E-state index in [2.05, 4.69) is 15.2 Å². The molecular formula is C18H21N3O3. The molecule has 0 spiro atoms. The molecule has 6 heteroatoms. The number of nitrogens with one attached hydrogen (secondary N) is 2. The van der Waals surface area contributed by atoms with Crippen molar-refractivity contribution >= 4 is 17.3 Å². The minimum absolute atomic E-state index is 0.240. The summed E-state index contributed by atoms with van der Waals surface area (Å²) < 4.78 is 5.35. The lowest BCUT2D eigenvalue weighted by atomic mass is 10.1. The minimum Gasteiger partial charge on any atom is -0.495 e. The Morgan fingerprint density at radius 3 is 2.62 bits per heavy atom. The predicted molar refractivity (Wildman–Crippen MR) is 94.1 cm³/mol. The van der Waals surface area contributed by atoms with Crippen molar-refractivity contribution < 1.29 is 9.53 Å². The molecule has 3 rings (SSSR count). The Kier molecular flexibility index (Phi) is 4.84. The fraction of sp³-hybridized carbons (Fsp3) is 0.333. The summed E-state index contributed by atoms with van der Waals surface area (Å²) in [6.07, 6.45) is 5.04. The predicted octanol–water partition coefficient (Wildman–Crippen LogP) is 2.63. The third-order valence-electron chi connectivity index (χ3n) is 4.20. The average molecular weight is 327 g/mol. The Hall–Kier alpha value is -2.76. The van der Waals surface area contributed by atoms with Gasteiger partial charge in [0, 0.05) is 31.0 Å². The number of nitrogens with zero attached hydrogens (tertiary/aromatic N) is 1. The second kappa shape index (κ2) is 7.21. The van der Waals surface area contributed by atoms with Crippen LogP contribution in [0, 0.1) is 0 Å². The van der Waals surface area contributed by atoms with Crippen molar-refractivity contribution in [3.8, 4) is 5.75 Å². The molecule has 1 aliphatic heterocycles.